The molecule has 7 nitrogen and oxygen atoms in total. The number of hydrogen-bond acceptors (Lipinski definition) is 5. The van der Waals surface area contributed by atoms with E-state index in [0.717, 1.165) is 0 Å². The van der Waals surface area contributed by atoms with Gasteiger partial charge in [-0.2, -0.15) is 4.98 Å². The molecule has 1 aromatic carbocycles. The molecule has 2 heterocycles. The van der Waals surface area contributed by atoms with E-state index in [9.17, 15) is 9.59 Å². The van der Waals surface area contributed by atoms with E-state index < -0.39 is 5.54 Å². The minimum absolute atomic E-state index is 0.245. The fourth-order valence-corrected chi connectivity index (χ4v) is 2.55. The molecule has 124 valence electrons. The van der Waals surface area contributed by atoms with Crippen molar-refractivity contribution >= 4 is 16.8 Å². The van der Waals surface area contributed by atoms with Gasteiger partial charge in [-0.3, -0.25) is 9.59 Å². The van der Waals surface area contributed by atoms with Crippen LogP contribution in [0, 0.1) is 6.92 Å². The fourth-order valence-electron chi connectivity index (χ4n) is 2.55. The Morgan fingerprint density at radius 1 is 1.29 bits per heavy atom. The van der Waals surface area contributed by atoms with Crippen LogP contribution in [0.25, 0.3) is 10.9 Å². The molecule has 0 fully saturated rings. The van der Waals surface area contributed by atoms with Crippen LogP contribution in [0.15, 0.2) is 39.6 Å². The predicted octanol–water partition coefficient (Wildman–Crippen LogP) is 1.90. The van der Waals surface area contributed by atoms with Crippen molar-refractivity contribution in [2.24, 2.45) is 7.05 Å². The Balaban J connectivity index is 2.03. The second-order valence-electron chi connectivity index (χ2n) is 6.20. The molecule has 0 saturated carbocycles. The van der Waals surface area contributed by atoms with Gasteiger partial charge in [0.15, 0.2) is 5.82 Å². The molecule has 0 radical (unpaired) electrons. The average Bonchev–Trinajstić information content (AvgIpc) is 2.98. The monoisotopic (exact) mass is 326 g/mol. The molecule has 0 atom stereocenters. The molecule has 3 aromatic rings. The molecule has 3 rings (SSSR count). The maximum Gasteiger partial charge on any atom is 0.253 e. The number of para-hydroxylation sites is 1. The first-order valence-corrected chi connectivity index (χ1v) is 7.51. The second-order valence-corrected chi connectivity index (χ2v) is 6.20. The third-order valence-electron chi connectivity index (χ3n) is 3.89. The quantitative estimate of drug-likeness (QED) is 0.794. The Hall–Kier alpha value is -2.96. The number of aryl methyl sites for hydroxylation is 2. The van der Waals surface area contributed by atoms with E-state index in [2.05, 4.69) is 15.5 Å². The standard InChI is InChI=1S/C17H18N4O3/c1-10-18-16(24-20-10)17(2,3)19-15(23)12-9-14(22)21(4)13-8-6-5-7-11(12)13/h5-9H,1-4H3,(H,19,23). The van der Waals surface area contributed by atoms with E-state index in [1.807, 2.05) is 18.2 Å². The van der Waals surface area contributed by atoms with Crippen molar-refractivity contribution in [1.29, 1.82) is 0 Å². The van der Waals surface area contributed by atoms with Crippen LogP contribution >= 0.6 is 0 Å². The van der Waals surface area contributed by atoms with E-state index in [1.165, 1.54) is 10.6 Å². The summed E-state index contributed by atoms with van der Waals surface area (Å²) < 4.78 is 6.67. The van der Waals surface area contributed by atoms with Crippen molar-refractivity contribution in [3.05, 3.63) is 58.0 Å². The molecule has 1 amide bonds. The lowest BCUT2D eigenvalue weighted by Gasteiger charge is -2.22. The summed E-state index contributed by atoms with van der Waals surface area (Å²) in [7, 11) is 1.68. The number of pyridine rings is 1. The number of nitrogens with zero attached hydrogens (tertiary/aromatic N) is 3. The van der Waals surface area contributed by atoms with Crippen LogP contribution in [0.4, 0.5) is 0 Å². The van der Waals surface area contributed by atoms with Crippen LogP contribution in [0.5, 0.6) is 0 Å². The van der Waals surface area contributed by atoms with Crippen molar-refractivity contribution in [1.82, 2.24) is 20.0 Å². The molecule has 0 aliphatic heterocycles. The molecular formula is C17H18N4O3. The van der Waals surface area contributed by atoms with Gasteiger partial charge in [-0.05, 0) is 26.8 Å². The van der Waals surface area contributed by atoms with Crippen LogP contribution in [-0.4, -0.2) is 20.6 Å². The summed E-state index contributed by atoms with van der Waals surface area (Å²) in [5.74, 6) is 0.428. The molecule has 2 aromatic heterocycles. The zero-order chi connectivity index (χ0) is 17.5. The summed E-state index contributed by atoms with van der Waals surface area (Å²) >= 11 is 0. The Morgan fingerprint density at radius 2 is 2.00 bits per heavy atom. The zero-order valence-electron chi connectivity index (χ0n) is 14.0. The van der Waals surface area contributed by atoms with Gasteiger partial charge in [-0.15, -0.1) is 0 Å². The number of hydrogen-bond donors (Lipinski definition) is 1. The lowest BCUT2D eigenvalue weighted by atomic mass is 10.0. The Labute approximate surface area is 138 Å². The van der Waals surface area contributed by atoms with Crippen molar-refractivity contribution in [2.75, 3.05) is 0 Å². The summed E-state index contributed by atoms with van der Waals surface area (Å²) in [4.78, 5) is 29.1. The van der Waals surface area contributed by atoms with E-state index >= 15 is 0 Å². The number of benzene rings is 1. The molecule has 0 saturated heterocycles. The molecular weight excluding hydrogens is 308 g/mol. The highest BCUT2D eigenvalue weighted by Crippen LogP contribution is 2.21. The summed E-state index contributed by atoms with van der Waals surface area (Å²) in [5, 5.41) is 7.31. The largest absolute Gasteiger partial charge is 0.338 e. The number of carbonyl (C=O) groups is 1. The lowest BCUT2D eigenvalue weighted by Crippen LogP contribution is -2.41. The predicted molar refractivity (Wildman–Crippen MR) is 88.7 cm³/mol. The molecule has 1 N–H and O–H groups in total. The highest BCUT2D eigenvalue weighted by Gasteiger charge is 2.30. The van der Waals surface area contributed by atoms with Gasteiger partial charge in [-0.25, -0.2) is 0 Å². The van der Waals surface area contributed by atoms with Gasteiger partial charge in [-0.1, -0.05) is 23.4 Å². The van der Waals surface area contributed by atoms with Crippen molar-refractivity contribution < 1.29 is 9.32 Å². The molecule has 7 heteroatoms. The smallest absolute Gasteiger partial charge is 0.253 e. The SMILES string of the molecule is Cc1noc(C(C)(C)NC(=O)c2cc(=O)n(C)c3ccccc23)n1. The number of aromatic nitrogens is 3. The van der Waals surface area contributed by atoms with Crippen LogP contribution < -0.4 is 10.9 Å². The molecule has 0 aliphatic carbocycles. The Bertz CT molecular complexity index is 985. The van der Waals surface area contributed by atoms with Crippen LogP contribution in [0.2, 0.25) is 0 Å². The average molecular weight is 326 g/mol. The number of carbonyl (C=O) groups excluding carboxylic acids is 1. The van der Waals surface area contributed by atoms with E-state index in [1.54, 1.807) is 33.9 Å². The Morgan fingerprint density at radius 3 is 2.67 bits per heavy atom. The molecule has 0 spiro atoms. The molecule has 0 aliphatic rings. The Kier molecular flexibility index (Phi) is 3.71. The number of nitrogens with one attached hydrogen (secondary N) is 1. The fraction of sp³-hybridized carbons (Fsp3) is 0.294. The van der Waals surface area contributed by atoms with Crippen LogP contribution in [-0.2, 0) is 12.6 Å². The second kappa shape index (κ2) is 5.59. The van der Waals surface area contributed by atoms with Crippen molar-refractivity contribution in [3.63, 3.8) is 0 Å². The van der Waals surface area contributed by atoms with Gasteiger partial charge < -0.3 is 14.4 Å². The van der Waals surface area contributed by atoms with Gasteiger partial charge in [0, 0.05) is 18.5 Å². The van der Waals surface area contributed by atoms with Crippen molar-refractivity contribution in [3.8, 4) is 0 Å². The normalized spacial score (nSPS) is 11.7. The third kappa shape index (κ3) is 2.68. The topological polar surface area (TPSA) is 90.0 Å². The minimum Gasteiger partial charge on any atom is -0.338 e. The molecule has 0 unspecified atom stereocenters. The first-order chi connectivity index (χ1) is 11.3. The number of fused-ring (bicyclic) bond motifs is 1. The first-order valence-electron chi connectivity index (χ1n) is 7.51. The van der Waals surface area contributed by atoms with Crippen LogP contribution in [0.1, 0.15) is 35.9 Å². The van der Waals surface area contributed by atoms with E-state index in [4.69, 9.17) is 4.52 Å². The summed E-state index contributed by atoms with van der Waals surface area (Å²) in [6.45, 7) is 5.24. The van der Waals surface area contributed by atoms with Crippen molar-refractivity contribution in [2.45, 2.75) is 26.3 Å². The van der Waals surface area contributed by atoms with Gasteiger partial charge in [0.05, 0.1) is 11.1 Å². The maximum absolute atomic E-state index is 12.8. The minimum atomic E-state index is -0.861. The summed E-state index contributed by atoms with van der Waals surface area (Å²) in [5.41, 5.74) is -0.0922. The maximum atomic E-state index is 12.8. The number of amides is 1. The highest BCUT2D eigenvalue weighted by atomic mass is 16.5. The number of rotatable bonds is 3. The summed E-state index contributed by atoms with van der Waals surface area (Å²) in [6.07, 6.45) is 0. The van der Waals surface area contributed by atoms with Gasteiger partial charge in [0.1, 0.15) is 5.54 Å². The highest BCUT2D eigenvalue weighted by molar-refractivity contribution is 6.06. The lowest BCUT2D eigenvalue weighted by molar-refractivity contribution is 0.0896. The summed E-state index contributed by atoms with van der Waals surface area (Å²) in [6, 6.07) is 8.62. The first kappa shape index (κ1) is 15.9. The molecule has 24 heavy (non-hydrogen) atoms. The van der Waals surface area contributed by atoms with Crippen LogP contribution in [0.3, 0.4) is 0 Å². The van der Waals surface area contributed by atoms with Gasteiger partial charge in [0.25, 0.3) is 17.4 Å². The zero-order valence-corrected chi connectivity index (χ0v) is 14.0. The van der Waals surface area contributed by atoms with E-state index in [-0.39, 0.29) is 11.5 Å². The molecule has 0 bridgehead atoms. The van der Waals surface area contributed by atoms with Gasteiger partial charge >= 0.3 is 0 Å². The van der Waals surface area contributed by atoms with Gasteiger partial charge in [0.2, 0.25) is 0 Å². The van der Waals surface area contributed by atoms with E-state index in [0.29, 0.717) is 28.2 Å². The third-order valence-corrected chi connectivity index (χ3v) is 3.89.